The Morgan fingerprint density at radius 2 is 2.25 bits per heavy atom. The first-order valence-corrected chi connectivity index (χ1v) is 6.36. The van der Waals surface area contributed by atoms with E-state index in [0.717, 1.165) is 0 Å². The molecule has 0 unspecified atom stereocenters. The summed E-state index contributed by atoms with van der Waals surface area (Å²) in [6.07, 6.45) is 0.238. The smallest absolute Gasteiger partial charge is 0.259 e. The summed E-state index contributed by atoms with van der Waals surface area (Å²) in [4.78, 5) is 29.0. The van der Waals surface area contributed by atoms with Crippen LogP contribution in [0.2, 0.25) is 0 Å². The molecule has 0 radical (unpaired) electrons. The first-order valence-electron chi connectivity index (χ1n) is 5.95. The maximum Gasteiger partial charge on any atom is 0.259 e. The fraction of sp³-hybridized carbons (Fsp3) is 0.231. The average Bonchev–Trinajstić information content (AvgIpc) is 2.37. The Hall–Kier alpha value is -2.46. The molecular weight excluding hydrogens is 276 g/mol. The lowest BCUT2D eigenvalue weighted by molar-refractivity contribution is 0.0941. The Morgan fingerprint density at radius 3 is 2.95 bits per heavy atom. The van der Waals surface area contributed by atoms with Crippen LogP contribution in [0.5, 0.6) is 0 Å². The molecule has 1 amide bonds. The number of carbonyl (C=O) groups is 1. The maximum atomic E-state index is 12.0. The van der Waals surface area contributed by atoms with E-state index in [1.165, 1.54) is 0 Å². The van der Waals surface area contributed by atoms with Crippen LogP contribution in [0.15, 0.2) is 23.0 Å². The third kappa shape index (κ3) is 2.92. The fourth-order valence-electron chi connectivity index (χ4n) is 1.81. The van der Waals surface area contributed by atoms with Gasteiger partial charge in [0.25, 0.3) is 11.5 Å². The molecule has 1 atom stereocenters. The average molecular weight is 288 g/mol. The molecule has 0 fully saturated rings. The van der Waals surface area contributed by atoms with Crippen molar-refractivity contribution >= 4 is 29.0 Å². The van der Waals surface area contributed by atoms with Crippen molar-refractivity contribution in [3.63, 3.8) is 0 Å². The van der Waals surface area contributed by atoms with Gasteiger partial charge in [-0.3, -0.25) is 14.6 Å². The topological polar surface area (TPSA) is 102 Å². The van der Waals surface area contributed by atoms with E-state index in [-0.39, 0.29) is 28.7 Å². The molecule has 0 spiro atoms. The van der Waals surface area contributed by atoms with Gasteiger partial charge in [-0.05, 0) is 37.3 Å². The predicted octanol–water partition coefficient (Wildman–Crippen LogP) is 1.62. The van der Waals surface area contributed by atoms with Crippen LogP contribution in [0, 0.1) is 16.1 Å². The Labute approximate surface area is 119 Å². The molecular formula is C13H12N4O2S. The van der Waals surface area contributed by atoms with Crippen LogP contribution in [-0.2, 0) is 0 Å². The number of fused-ring (bicyclic) bond motifs is 1. The van der Waals surface area contributed by atoms with Crippen LogP contribution < -0.4 is 10.9 Å². The normalized spacial score (nSPS) is 11.8. The monoisotopic (exact) mass is 288 g/mol. The van der Waals surface area contributed by atoms with Gasteiger partial charge in [0, 0.05) is 11.6 Å². The molecule has 2 rings (SSSR count). The quantitative estimate of drug-likeness (QED) is 0.747. The fourth-order valence-corrected chi connectivity index (χ4v) is 2.01. The summed E-state index contributed by atoms with van der Waals surface area (Å²) < 4.78 is 0.206. The van der Waals surface area contributed by atoms with Gasteiger partial charge in [-0.25, -0.2) is 0 Å². The Bertz CT molecular complexity index is 815. The van der Waals surface area contributed by atoms with E-state index in [0.29, 0.717) is 16.5 Å². The van der Waals surface area contributed by atoms with Gasteiger partial charge < -0.3 is 10.3 Å². The van der Waals surface area contributed by atoms with Crippen molar-refractivity contribution in [1.29, 1.82) is 5.26 Å². The van der Waals surface area contributed by atoms with Crippen molar-refractivity contribution in [2.45, 2.75) is 19.4 Å². The SMILES string of the molecule is C[C@@H](CC#N)NC(=O)c1ccc2c(=O)[nH]c(=S)[nH]c2c1. The van der Waals surface area contributed by atoms with Crippen LogP contribution in [0.1, 0.15) is 23.7 Å². The number of aromatic amines is 2. The molecule has 102 valence electrons. The standard InChI is InChI=1S/C13H12N4O2S/c1-7(4-5-14)15-11(18)8-2-3-9-10(6-8)16-13(20)17-12(9)19/h2-3,6-7H,4H2,1H3,(H,15,18)(H2,16,17,19,20)/t7-/m0/s1. The summed E-state index contributed by atoms with van der Waals surface area (Å²) in [5.41, 5.74) is 0.603. The molecule has 20 heavy (non-hydrogen) atoms. The second kappa shape index (κ2) is 5.67. The molecule has 1 aromatic carbocycles. The molecule has 0 bridgehead atoms. The molecule has 3 N–H and O–H groups in total. The van der Waals surface area contributed by atoms with Gasteiger partial charge in [0.1, 0.15) is 0 Å². The molecule has 0 aliphatic carbocycles. The van der Waals surface area contributed by atoms with E-state index in [2.05, 4.69) is 15.3 Å². The number of rotatable bonds is 3. The minimum absolute atomic E-state index is 0.206. The van der Waals surface area contributed by atoms with Crippen molar-refractivity contribution in [2.24, 2.45) is 0 Å². The Balaban J connectivity index is 2.37. The zero-order chi connectivity index (χ0) is 14.7. The number of hydrogen-bond acceptors (Lipinski definition) is 4. The second-order valence-corrected chi connectivity index (χ2v) is 4.81. The molecule has 2 aromatic rings. The summed E-state index contributed by atoms with van der Waals surface area (Å²) in [6.45, 7) is 1.75. The first kappa shape index (κ1) is 14.0. The minimum atomic E-state index is -0.298. The molecule has 0 saturated heterocycles. The van der Waals surface area contributed by atoms with Gasteiger partial charge in [-0.15, -0.1) is 0 Å². The number of H-pyrrole nitrogens is 2. The van der Waals surface area contributed by atoms with Crippen LogP contribution in [0.3, 0.4) is 0 Å². The number of nitrogens with one attached hydrogen (secondary N) is 3. The van der Waals surface area contributed by atoms with Crippen molar-refractivity contribution in [3.8, 4) is 6.07 Å². The van der Waals surface area contributed by atoms with Crippen molar-refractivity contribution in [2.75, 3.05) is 0 Å². The van der Waals surface area contributed by atoms with Gasteiger partial charge in [0.15, 0.2) is 4.77 Å². The number of aromatic nitrogens is 2. The maximum absolute atomic E-state index is 12.0. The summed E-state index contributed by atoms with van der Waals surface area (Å²) in [6, 6.07) is 6.43. The van der Waals surface area contributed by atoms with Gasteiger partial charge in [0.2, 0.25) is 0 Å². The molecule has 6 nitrogen and oxygen atoms in total. The lowest BCUT2D eigenvalue weighted by Gasteiger charge is -2.10. The van der Waals surface area contributed by atoms with Crippen molar-refractivity contribution < 1.29 is 4.79 Å². The number of nitriles is 1. The highest BCUT2D eigenvalue weighted by molar-refractivity contribution is 7.71. The largest absolute Gasteiger partial charge is 0.349 e. The number of amides is 1. The van der Waals surface area contributed by atoms with E-state index >= 15 is 0 Å². The molecule has 7 heteroatoms. The van der Waals surface area contributed by atoms with Crippen molar-refractivity contribution in [1.82, 2.24) is 15.3 Å². The Kier molecular flexibility index (Phi) is 3.96. The third-order valence-corrected chi connectivity index (χ3v) is 2.98. The van der Waals surface area contributed by atoms with Gasteiger partial charge in [-0.2, -0.15) is 5.26 Å². The highest BCUT2D eigenvalue weighted by Crippen LogP contribution is 2.10. The zero-order valence-corrected chi connectivity index (χ0v) is 11.5. The van der Waals surface area contributed by atoms with Gasteiger partial charge in [-0.1, -0.05) is 0 Å². The van der Waals surface area contributed by atoms with Crippen LogP contribution >= 0.6 is 12.2 Å². The van der Waals surface area contributed by atoms with Gasteiger partial charge in [0.05, 0.1) is 23.4 Å². The number of hydrogen-bond donors (Lipinski definition) is 3. The molecule has 0 aliphatic heterocycles. The Morgan fingerprint density at radius 1 is 1.50 bits per heavy atom. The summed E-state index contributed by atoms with van der Waals surface area (Å²) >= 11 is 4.89. The third-order valence-electron chi connectivity index (χ3n) is 2.78. The van der Waals surface area contributed by atoms with E-state index < -0.39 is 0 Å². The zero-order valence-electron chi connectivity index (χ0n) is 10.7. The van der Waals surface area contributed by atoms with E-state index in [1.54, 1.807) is 25.1 Å². The molecule has 0 aliphatic rings. The predicted molar refractivity (Wildman–Crippen MR) is 76.9 cm³/mol. The van der Waals surface area contributed by atoms with Crippen LogP contribution in [0.25, 0.3) is 10.9 Å². The lowest BCUT2D eigenvalue weighted by Crippen LogP contribution is -2.32. The number of benzene rings is 1. The second-order valence-electron chi connectivity index (χ2n) is 4.41. The highest BCUT2D eigenvalue weighted by Gasteiger charge is 2.11. The molecule has 1 heterocycles. The summed E-state index contributed by atoms with van der Waals surface area (Å²) in [7, 11) is 0. The van der Waals surface area contributed by atoms with Crippen molar-refractivity contribution in [3.05, 3.63) is 38.9 Å². The molecule has 0 saturated carbocycles. The highest BCUT2D eigenvalue weighted by atomic mass is 32.1. The minimum Gasteiger partial charge on any atom is -0.349 e. The van der Waals surface area contributed by atoms with Crippen LogP contribution in [0.4, 0.5) is 0 Å². The molecule has 1 aromatic heterocycles. The first-order chi connectivity index (χ1) is 9.51. The summed E-state index contributed by atoms with van der Waals surface area (Å²) in [5, 5.41) is 11.7. The summed E-state index contributed by atoms with van der Waals surface area (Å²) in [5.74, 6) is -0.297. The van der Waals surface area contributed by atoms with E-state index in [4.69, 9.17) is 17.5 Å². The van der Waals surface area contributed by atoms with Crippen LogP contribution in [-0.4, -0.2) is 21.9 Å². The van der Waals surface area contributed by atoms with E-state index in [1.807, 2.05) is 6.07 Å². The number of nitrogens with zero attached hydrogens (tertiary/aromatic N) is 1. The lowest BCUT2D eigenvalue weighted by atomic mass is 10.1. The van der Waals surface area contributed by atoms with E-state index in [9.17, 15) is 9.59 Å². The van der Waals surface area contributed by atoms with Gasteiger partial charge >= 0.3 is 0 Å². The number of carbonyl (C=O) groups excluding carboxylic acids is 1.